The number of benzene rings is 1. The van der Waals surface area contributed by atoms with Gasteiger partial charge >= 0.3 is 0 Å². The number of aromatic nitrogens is 2. The Balaban J connectivity index is 1.70. The van der Waals surface area contributed by atoms with Crippen molar-refractivity contribution in [1.82, 2.24) is 9.97 Å². The first-order chi connectivity index (χ1) is 11.8. The quantitative estimate of drug-likeness (QED) is 0.342. The normalized spacial score (nSPS) is 10.9. The summed E-state index contributed by atoms with van der Waals surface area (Å²) < 4.78 is 0. The third-order valence-electron chi connectivity index (χ3n) is 4.37. The number of nitrogens with zero attached hydrogens (tertiary/aromatic N) is 2. The van der Waals surface area contributed by atoms with Crippen LogP contribution in [0.1, 0.15) is 63.9 Å². The summed E-state index contributed by atoms with van der Waals surface area (Å²) in [5, 5.41) is 0. The van der Waals surface area contributed by atoms with Crippen molar-refractivity contribution in [2.45, 2.75) is 69.6 Å². The average Bonchev–Trinajstić information content (AvgIpc) is 2.64. The fourth-order valence-corrected chi connectivity index (χ4v) is 3.24. The summed E-state index contributed by atoms with van der Waals surface area (Å²) in [6, 6.07) is 8.44. The molecule has 0 N–H and O–H groups in total. The Kier molecular flexibility index (Phi) is 8.90. The Labute approximate surface area is 151 Å². The van der Waals surface area contributed by atoms with Gasteiger partial charge in [0, 0.05) is 22.9 Å². The fourth-order valence-electron chi connectivity index (χ4n) is 2.84. The third-order valence-corrected chi connectivity index (χ3v) is 5.12. The molecular weight excluding hydrogens is 312 g/mol. The van der Waals surface area contributed by atoms with Crippen LogP contribution < -0.4 is 0 Å². The summed E-state index contributed by atoms with van der Waals surface area (Å²) in [4.78, 5) is 10.3. The maximum Gasteiger partial charge on any atom is 0.159 e. The highest BCUT2D eigenvalue weighted by molar-refractivity contribution is 7.98. The summed E-state index contributed by atoms with van der Waals surface area (Å²) in [6.45, 7) is 2.27. The number of unbranched alkanes of at least 4 members (excludes halogenated alkanes) is 7. The van der Waals surface area contributed by atoms with Crippen LogP contribution in [0.2, 0.25) is 0 Å². The molecule has 0 radical (unpaired) electrons. The zero-order valence-corrected chi connectivity index (χ0v) is 15.9. The van der Waals surface area contributed by atoms with Crippen LogP contribution in [0.3, 0.4) is 0 Å². The van der Waals surface area contributed by atoms with E-state index in [4.69, 9.17) is 0 Å². The van der Waals surface area contributed by atoms with Gasteiger partial charge in [-0.3, -0.25) is 0 Å². The Morgan fingerprint density at radius 2 is 1.38 bits per heavy atom. The summed E-state index contributed by atoms with van der Waals surface area (Å²) >= 11 is 1.75. The molecule has 0 spiro atoms. The van der Waals surface area contributed by atoms with E-state index < -0.39 is 0 Å². The summed E-state index contributed by atoms with van der Waals surface area (Å²) in [7, 11) is 0. The first-order valence-corrected chi connectivity index (χ1v) is 10.5. The topological polar surface area (TPSA) is 25.8 Å². The predicted molar refractivity (Wildman–Crippen MR) is 106 cm³/mol. The minimum absolute atomic E-state index is 0.822. The molecule has 0 bridgehead atoms. The molecule has 0 aliphatic rings. The summed E-state index contributed by atoms with van der Waals surface area (Å²) in [6.07, 6.45) is 18.0. The number of rotatable bonds is 11. The lowest BCUT2D eigenvalue weighted by Crippen LogP contribution is -1.93. The lowest BCUT2D eigenvalue weighted by molar-refractivity contribution is 0.575. The first-order valence-electron chi connectivity index (χ1n) is 9.29. The second-order valence-electron chi connectivity index (χ2n) is 6.37. The van der Waals surface area contributed by atoms with Crippen LogP contribution in [-0.2, 0) is 6.42 Å². The monoisotopic (exact) mass is 342 g/mol. The summed E-state index contributed by atoms with van der Waals surface area (Å²) in [5.41, 5.74) is 2.34. The van der Waals surface area contributed by atoms with Crippen LogP contribution >= 0.6 is 11.8 Å². The Hall–Kier alpha value is -1.35. The van der Waals surface area contributed by atoms with Crippen molar-refractivity contribution in [2.24, 2.45) is 0 Å². The van der Waals surface area contributed by atoms with Gasteiger partial charge in [-0.25, -0.2) is 9.97 Å². The standard InChI is InChI=1S/C21H30N2S/c1-3-4-5-6-7-8-9-10-11-18-16-22-21(23-17-18)19-12-14-20(24-2)15-13-19/h12-17H,3-11H2,1-2H3. The van der Waals surface area contributed by atoms with Crippen LogP contribution in [0.5, 0.6) is 0 Å². The van der Waals surface area contributed by atoms with Gasteiger partial charge in [-0.15, -0.1) is 11.8 Å². The summed E-state index contributed by atoms with van der Waals surface area (Å²) in [5.74, 6) is 0.822. The fraction of sp³-hybridized carbons (Fsp3) is 0.524. The molecule has 2 rings (SSSR count). The molecular formula is C21H30N2S. The Morgan fingerprint density at radius 3 is 1.96 bits per heavy atom. The highest BCUT2D eigenvalue weighted by Gasteiger charge is 2.02. The van der Waals surface area contributed by atoms with Crippen LogP contribution in [-0.4, -0.2) is 16.2 Å². The minimum Gasteiger partial charge on any atom is -0.236 e. The van der Waals surface area contributed by atoms with E-state index in [1.54, 1.807) is 11.8 Å². The van der Waals surface area contributed by atoms with Crippen molar-refractivity contribution in [1.29, 1.82) is 0 Å². The van der Waals surface area contributed by atoms with Crippen LogP contribution in [0.4, 0.5) is 0 Å². The number of hydrogen-bond donors (Lipinski definition) is 0. The van der Waals surface area contributed by atoms with Crippen molar-refractivity contribution >= 4 is 11.8 Å². The van der Waals surface area contributed by atoms with Crippen LogP contribution in [0.25, 0.3) is 11.4 Å². The molecule has 0 amide bonds. The van der Waals surface area contributed by atoms with Gasteiger partial charge in [0.25, 0.3) is 0 Å². The van der Waals surface area contributed by atoms with E-state index >= 15 is 0 Å². The van der Waals surface area contributed by atoms with Gasteiger partial charge in [-0.05, 0) is 36.8 Å². The van der Waals surface area contributed by atoms with Crippen LogP contribution in [0, 0.1) is 0 Å². The SMILES string of the molecule is CCCCCCCCCCc1cnc(-c2ccc(SC)cc2)nc1. The second-order valence-corrected chi connectivity index (χ2v) is 7.25. The minimum atomic E-state index is 0.822. The average molecular weight is 343 g/mol. The lowest BCUT2D eigenvalue weighted by atomic mass is 10.1. The maximum absolute atomic E-state index is 4.54. The van der Waals surface area contributed by atoms with Gasteiger partial charge in [0.1, 0.15) is 0 Å². The number of thioether (sulfide) groups is 1. The van der Waals surface area contributed by atoms with Crippen molar-refractivity contribution in [3.63, 3.8) is 0 Å². The van der Waals surface area contributed by atoms with E-state index in [-0.39, 0.29) is 0 Å². The molecule has 0 aliphatic carbocycles. The van der Waals surface area contributed by atoms with Gasteiger partial charge in [0.2, 0.25) is 0 Å². The number of aryl methyl sites for hydroxylation is 1. The zero-order chi connectivity index (χ0) is 17.0. The molecule has 2 aromatic rings. The van der Waals surface area contributed by atoms with Crippen molar-refractivity contribution in [2.75, 3.05) is 6.26 Å². The van der Waals surface area contributed by atoms with E-state index in [0.717, 1.165) is 17.8 Å². The molecule has 130 valence electrons. The molecule has 0 atom stereocenters. The molecule has 3 heteroatoms. The van der Waals surface area contributed by atoms with Gasteiger partial charge in [0.05, 0.1) is 0 Å². The zero-order valence-electron chi connectivity index (χ0n) is 15.1. The first kappa shape index (κ1) is 19.0. The molecule has 1 aromatic heterocycles. The van der Waals surface area contributed by atoms with Gasteiger partial charge < -0.3 is 0 Å². The van der Waals surface area contributed by atoms with Gasteiger partial charge in [-0.1, -0.05) is 64.0 Å². The van der Waals surface area contributed by atoms with Crippen molar-refractivity contribution in [3.05, 3.63) is 42.2 Å². The van der Waals surface area contributed by atoms with Crippen LogP contribution in [0.15, 0.2) is 41.6 Å². The Morgan fingerprint density at radius 1 is 0.792 bits per heavy atom. The van der Waals surface area contributed by atoms with Gasteiger partial charge in [0.15, 0.2) is 5.82 Å². The molecule has 0 saturated carbocycles. The molecule has 24 heavy (non-hydrogen) atoms. The van der Waals surface area contributed by atoms with Crippen molar-refractivity contribution < 1.29 is 0 Å². The molecule has 2 nitrogen and oxygen atoms in total. The highest BCUT2D eigenvalue weighted by Crippen LogP contribution is 2.20. The largest absolute Gasteiger partial charge is 0.236 e. The van der Waals surface area contributed by atoms with E-state index in [0.29, 0.717) is 0 Å². The Bertz CT molecular complexity index is 563. The predicted octanol–water partition coefficient (Wildman–Crippen LogP) is 6.55. The third kappa shape index (κ3) is 6.64. The molecule has 0 aliphatic heterocycles. The van der Waals surface area contributed by atoms with E-state index in [1.807, 2.05) is 12.4 Å². The smallest absolute Gasteiger partial charge is 0.159 e. The van der Waals surface area contributed by atoms with E-state index in [9.17, 15) is 0 Å². The molecule has 1 aromatic carbocycles. The van der Waals surface area contributed by atoms with E-state index in [2.05, 4.69) is 47.4 Å². The molecule has 0 fully saturated rings. The lowest BCUT2D eigenvalue weighted by Gasteiger charge is -2.04. The highest BCUT2D eigenvalue weighted by atomic mass is 32.2. The van der Waals surface area contributed by atoms with E-state index in [1.165, 1.54) is 61.8 Å². The van der Waals surface area contributed by atoms with Crippen molar-refractivity contribution in [3.8, 4) is 11.4 Å². The maximum atomic E-state index is 4.54. The molecule has 1 heterocycles. The van der Waals surface area contributed by atoms with Gasteiger partial charge in [-0.2, -0.15) is 0 Å². The number of hydrogen-bond acceptors (Lipinski definition) is 3. The second kappa shape index (κ2) is 11.2. The molecule has 0 saturated heterocycles. The molecule has 0 unspecified atom stereocenters.